The molecule has 0 N–H and O–H groups in total. The number of amides is 1. The summed E-state index contributed by atoms with van der Waals surface area (Å²) in [7, 11) is 0. The van der Waals surface area contributed by atoms with E-state index >= 15 is 0 Å². The lowest BCUT2D eigenvalue weighted by Gasteiger charge is -2.29. The van der Waals surface area contributed by atoms with Crippen molar-refractivity contribution in [1.29, 1.82) is 0 Å². The van der Waals surface area contributed by atoms with Crippen molar-refractivity contribution < 1.29 is 4.79 Å². The molecule has 1 aliphatic carbocycles. The van der Waals surface area contributed by atoms with Crippen LogP contribution >= 0.6 is 15.9 Å². The SMILES string of the molecule is CCCCN(CCBr)C(=O)C1CCCCC1. The molecule has 0 aliphatic heterocycles. The van der Waals surface area contributed by atoms with Gasteiger partial charge >= 0.3 is 0 Å². The van der Waals surface area contributed by atoms with Crippen LogP contribution in [-0.4, -0.2) is 29.2 Å². The summed E-state index contributed by atoms with van der Waals surface area (Å²) >= 11 is 3.44. The highest BCUT2D eigenvalue weighted by molar-refractivity contribution is 9.09. The quantitative estimate of drug-likeness (QED) is 0.685. The van der Waals surface area contributed by atoms with Crippen molar-refractivity contribution in [3.05, 3.63) is 0 Å². The van der Waals surface area contributed by atoms with Gasteiger partial charge in [0.25, 0.3) is 0 Å². The van der Waals surface area contributed by atoms with E-state index in [1.807, 2.05) is 0 Å². The molecule has 1 amide bonds. The Balaban J connectivity index is 2.44. The van der Waals surface area contributed by atoms with Crippen LogP contribution in [0.5, 0.6) is 0 Å². The predicted molar refractivity (Wildman–Crippen MR) is 71.9 cm³/mol. The molecular weight excluding hydrogens is 266 g/mol. The first-order valence-electron chi connectivity index (χ1n) is 6.64. The van der Waals surface area contributed by atoms with Crippen molar-refractivity contribution in [3.8, 4) is 0 Å². The normalized spacial score (nSPS) is 17.4. The molecule has 16 heavy (non-hydrogen) atoms. The predicted octanol–water partition coefficient (Wildman–Crippen LogP) is 3.59. The van der Waals surface area contributed by atoms with Gasteiger partial charge in [-0.2, -0.15) is 0 Å². The first kappa shape index (κ1) is 14.0. The number of nitrogens with zero attached hydrogens (tertiary/aromatic N) is 1. The number of rotatable bonds is 6. The highest BCUT2D eigenvalue weighted by Crippen LogP contribution is 2.25. The lowest BCUT2D eigenvalue weighted by Crippen LogP contribution is -2.38. The lowest BCUT2D eigenvalue weighted by atomic mass is 9.88. The second-order valence-corrected chi connectivity index (χ2v) is 5.50. The monoisotopic (exact) mass is 289 g/mol. The topological polar surface area (TPSA) is 20.3 Å². The summed E-state index contributed by atoms with van der Waals surface area (Å²) in [6.07, 6.45) is 8.32. The van der Waals surface area contributed by atoms with Crippen molar-refractivity contribution in [2.75, 3.05) is 18.4 Å². The number of hydrogen-bond acceptors (Lipinski definition) is 1. The lowest BCUT2D eigenvalue weighted by molar-refractivity contribution is -0.136. The fourth-order valence-electron chi connectivity index (χ4n) is 2.39. The molecule has 1 fully saturated rings. The molecule has 0 aromatic rings. The Labute approximate surface area is 108 Å². The standard InChI is InChI=1S/C13H24BrNO/c1-2-3-10-15(11-9-14)13(16)12-7-5-4-6-8-12/h12H,2-11H2,1H3. The van der Waals surface area contributed by atoms with E-state index in [0.717, 1.165) is 44.1 Å². The largest absolute Gasteiger partial charge is 0.342 e. The van der Waals surface area contributed by atoms with Gasteiger partial charge in [-0.1, -0.05) is 48.5 Å². The maximum atomic E-state index is 12.3. The summed E-state index contributed by atoms with van der Waals surface area (Å²) in [6.45, 7) is 3.99. The maximum absolute atomic E-state index is 12.3. The van der Waals surface area contributed by atoms with Crippen LogP contribution in [0.15, 0.2) is 0 Å². The zero-order chi connectivity index (χ0) is 11.8. The third kappa shape index (κ3) is 4.44. The van der Waals surface area contributed by atoms with Gasteiger partial charge in [-0.05, 0) is 19.3 Å². The third-order valence-corrected chi connectivity index (χ3v) is 3.76. The van der Waals surface area contributed by atoms with E-state index in [2.05, 4.69) is 27.8 Å². The molecule has 0 spiro atoms. The van der Waals surface area contributed by atoms with Crippen molar-refractivity contribution in [2.45, 2.75) is 51.9 Å². The summed E-state index contributed by atoms with van der Waals surface area (Å²) in [4.78, 5) is 14.4. The van der Waals surface area contributed by atoms with E-state index in [1.165, 1.54) is 19.3 Å². The first-order valence-corrected chi connectivity index (χ1v) is 7.76. The highest BCUT2D eigenvalue weighted by atomic mass is 79.9. The molecular formula is C13H24BrNO. The van der Waals surface area contributed by atoms with Crippen LogP contribution in [0.1, 0.15) is 51.9 Å². The van der Waals surface area contributed by atoms with Crippen LogP contribution in [-0.2, 0) is 4.79 Å². The molecule has 2 nitrogen and oxygen atoms in total. The molecule has 0 atom stereocenters. The minimum atomic E-state index is 0.324. The smallest absolute Gasteiger partial charge is 0.225 e. The second-order valence-electron chi connectivity index (χ2n) is 4.70. The van der Waals surface area contributed by atoms with Crippen LogP contribution < -0.4 is 0 Å². The van der Waals surface area contributed by atoms with E-state index in [1.54, 1.807) is 0 Å². The van der Waals surface area contributed by atoms with Gasteiger partial charge < -0.3 is 4.90 Å². The van der Waals surface area contributed by atoms with Crippen molar-refractivity contribution in [3.63, 3.8) is 0 Å². The fraction of sp³-hybridized carbons (Fsp3) is 0.923. The molecule has 3 heteroatoms. The zero-order valence-corrected chi connectivity index (χ0v) is 12.0. The molecule has 0 aromatic heterocycles. The number of unbranched alkanes of at least 4 members (excludes halogenated alkanes) is 1. The summed E-state index contributed by atoms with van der Waals surface area (Å²) < 4.78 is 0. The van der Waals surface area contributed by atoms with Crippen molar-refractivity contribution in [2.24, 2.45) is 5.92 Å². The van der Waals surface area contributed by atoms with Gasteiger partial charge in [-0.25, -0.2) is 0 Å². The minimum absolute atomic E-state index is 0.324. The third-order valence-electron chi connectivity index (χ3n) is 3.40. The maximum Gasteiger partial charge on any atom is 0.225 e. The molecule has 0 heterocycles. The van der Waals surface area contributed by atoms with Gasteiger partial charge in [0.15, 0.2) is 0 Å². The molecule has 1 aliphatic rings. The Morgan fingerprint density at radius 2 is 1.94 bits per heavy atom. The molecule has 0 saturated heterocycles. The molecule has 0 radical (unpaired) electrons. The molecule has 0 aromatic carbocycles. The van der Waals surface area contributed by atoms with E-state index in [9.17, 15) is 4.79 Å². The molecule has 0 bridgehead atoms. The van der Waals surface area contributed by atoms with Crippen LogP contribution in [0.3, 0.4) is 0 Å². The first-order chi connectivity index (χ1) is 7.79. The van der Waals surface area contributed by atoms with Crippen molar-refractivity contribution in [1.82, 2.24) is 4.90 Å². The average Bonchev–Trinajstić information content (AvgIpc) is 2.35. The fourth-order valence-corrected chi connectivity index (χ4v) is 2.82. The molecule has 1 rings (SSSR count). The van der Waals surface area contributed by atoms with E-state index in [0.29, 0.717) is 11.8 Å². The summed E-state index contributed by atoms with van der Waals surface area (Å²) in [5.41, 5.74) is 0. The van der Waals surface area contributed by atoms with E-state index < -0.39 is 0 Å². The van der Waals surface area contributed by atoms with Gasteiger partial charge in [0, 0.05) is 24.3 Å². The van der Waals surface area contributed by atoms with Gasteiger partial charge in [-0.15, -0.1) is 0 Å². The Morgan fingerprint density at radius 3 is 2.50 bits per heavy atom. The number of alkyl halides is 1. The van der Waals surface area contributed by atoms with Gasteiger partial charge in [0.2, 0.25) is 5.91 Å². The minimum Gasteiger partial charge on any atom is -0.342 e. The number of hydrogen-bond donors (Lipinski definition) is 0. The van der Waals surface area contributed by atoms with Crippen LogP contribution in [0.25, 0.3) is 0 Å². The van der Waals surface area contributed by atoms with Gasteiger partial charge in [-0.3, -0.25) is 4.79 Å². The average molecular weight is 290 g/mol. The van der Waals surface area contributed by atoms with Gasteiger partial charge in [0.1, 0.15) is 0 Å². The van der Waals surface area contributed by atoms with E-state index in [4.69, 9.17) is 0 Å². The Hall–Kier alpha value is -0.0500. The number of carbonyl (C=O) groups excluding carboxylic acids is 1. The second kappa shape index (κ2) is 8.10. The number of carbonyl (C=O) groups is 1. The zero-order valence-electron chi connectivity index (χ0n) is 10.4. The van der Waals surface area contributed by atoms with Crippen molar-refractivity contribution >= 4 is 21.8 Å². The Bertz CT molecular complexity index is 202. The van der Waals surface area contributed by atoms with E-state index in [-0.39, 0.29) is 0 Å². The Morgan fingerprint density at radius 1 is 1.25 bits per heavy atom. The van der Waals surface area contributed by atoms with Crippen LogP contribution in [0.2, 0.25) is 0 Å². The number of halogens is 1. The molecule has 0 unspecified atom stereocenters. The highest BCUT2D eigenvalue weighted by Gasteiger charge is 2.25. The van der Waals surface area contributed by atoms with Crippen LogP contribution in [0.4, 0.5) is 0 Å². The summed E-state index contributed by atoms with van der Waals surface area (Å²) in [6, 6.07) is 0. The summed E-state index contributed by atoms with van der Waals surface area (Å²) in [5, 5.41) is 0.898. The summed E-state index contributed by atoms with van der Waals surface area (Å²) in [5.74, 6) is 0.734. The molecule has 1 saturated carbocycles. The van der Waals surface area contributed by atoms with Gasteiger partial charge in [0.05, 0.1) is 0 Å². The van der Waals surface area contributed by atoms with Crippen LogP contribution in [0, 0.1) is 5.92 Å². The Kier molecular flexibility index (Phi) is 7.10. The molecule has 94 valence electrons.